The summed E-state index contributed by atoms with van der Waals surface area (Å²) in [5.41, 5.74) is 0. The van der Waals surface area contributed by atoms with Gasteiger partial charge in [0.25, 0.3) is 0 Å². The zero-order valence-electron chi connectivity index (χ0n) is 11.5. The van der Waals surface area contributed by atoms with Crippen LogP contribution in [0.5, 0.6) is 0 Å². The Morgan fingerprint density at radius 3 is 2.47 bits per heavy atom. The largest absolute Gasteiger partial charge is 0.383 e. The number of likely N-dealkylation sites (N-methyl/N-ethyl adjacent to an activating group) is 1. The lowest BCUT2D eigenvalue weighted by Crippen LogP contribution is -2.49. The Balaban J connectivity index is 1.84. The van der Waals surface area contributed by atoms with Crippen LogP contribution in [0.3, 0.4) is 0 Å². The average Bonchev–Trinajstić information content (AvgIpc) is 3.02. The number of nitrogens with one attached hydrogen (secondary N) is 1. The van der Waals surface area contributed by atoms with Gasteiger partial charge in [0.2, 0.25) is 0 Å². The summed E-state index contributed by atoms with van der Waals surface area (Å²) < 4.78 is 5.42. The van der Waals surface area contributed by atoms with Crippen molar-refractivity contribution in [2.75, 3.05) is 26.8 Å². The van der Waals surface area contributed by atoms with Crippen LogP contribution in [-0.2, 0) is 4.74 Å². The fourth-order valence-electron chi connectivity index (χ4n) is 3.10. The molecule has 0 amide bonds. The van der Waals surface area contributed by atoms with Gasteiger partial charge in [-0.3, -0.25) is 4.90 Å². The first kappa shape index (κ1) is 13.3. The molecule has 0 spiro atoms. The first-order valence-electron chi connectivity index (χ1n) is 7.33. The van der Waals surface area contributed by atoms with Gasteiger partial charge in [-0.05, 0) is 32.2 Å². The Hall–Kier alpha value is -0.120. The highest BCUT2D eigenvalue weighted by Gasteiger charge is 2.29. The fraction of sp³-hybridized carbons (Fsp3) is 1.00. The molecule has 2 saturated carbocycles. The van der Waals surface area contributed by atoms with E-state index in [1.807, 2.05) is 7.11 Å². The third-order valence-corrected chi connectivity index (χ3v) is 4.21. The molecule has 3 heteroatoms. The first-order valence-corrected chi connectivity index (χ1v) is 7.33. The first-order chi connectivity index (χ1) is 8.35. The summed E-state index contributed by atoms with van der Waals surface area (Å²) in [5.74, 6) is 0. The molecule has 0 aromatic heterocycles. The van der Waals surface area contributed by atoms with E-state index >= 15 is 0 Å². The number of ether oxygens (including phenoxy) is 1. The molecule has 2 aliphatic carbocycles. The number of rotatable bonds is 8. The zero-order valence-corrected chi connectivity index (χ0v) is 11.5. The average molecular weight is 240 g/mol. The van der Waals surface area contributed by atoms with Crippen LogP contribution in [0.4, 0.5) is 0 Å². The zero-order chi connectivity index (χ0) is 12.1. The van der Waals surface area contributed by atoms with Crippen molar-refractivity contribution in [1.29, 1.82) is 0 Å². The molecule has 0 heterocycles. The van der Waals surface area contributed by atoms with Crippen LogP contribution in [0.15, 0.2) is 0 Å². The SMILES string of the molecule is CCN(C1CCCC1)C(CNC1CC1)COC. The normalized spacial score (nSPS) is 23.5. The second-order valence-electron chi connectivity index (χ2n) is 5.56. The Morgan fingerprint density at radius 2 is 1.94 bits per heavy atom. The van der Waals surface area contributed by atoms with E-state index in [0.29, 0.717) is 6.04 Å². The molecule has 2 aliphatic rings. The molecular formula is C14H28N2O. The second-order valence-corrected chi connectivity index (χ2v) is 5.56. The van der Waals surface area contributed by atoms with Gasteiger partial charge in [0.05, 0.1) is 6.61 Å². The van der Waals surface area contributed by atoms with Crippen molar-refractivity contribution in [3.63, 3.8) is 0 Å². The molecule has 0 aliphatic heterocycles. The van der Waals surface area contributed by atoms with E-state index in [0.717, 1.165) is 31.8 Å². The smallest absolute Gasteiger partial charge is 0.0630 e. The Labute approximate surface area is 106 Å². The summed E-state index contributed by atoms with van der Waals surface area (Å²) in [6, 6.07) is 2.17. The van der Waals surface area contributed by atoms with E-state index in [1.165, 1.54) is 38.5 Å². The van der Waals surface area contributed by atoms with Crippen molar-refractivity contribution >= 4 is 0 Å². The van der Waals surface area contributed by atoms with Gasteiger partial charge in [-0.25, -0.2) is 0 Å². The standard InChI is InChI=1S/C14H28N2O/c1-3-16(13-6-4-5-7-13)14(11-17-2)10-15-12-8-9-12/h12-15H,3-11H2,1-2H3. The van der Waals surface area contributed by atoms with E-state index in [1.54, 1.807) is 0 Å². The molecule has 17 heavy (non-hydrogen) atoms. The van der Waals surface area contributed by atoms with Gasteiger partial charge in [0.15, 0.2) is 0 Å². The highest BCUT2D eigenvalue weighted by atomic mass is 16.5. The molecule has 0 radical (unpaired) electrons. The molecule has 0 aromatic carbocycles. The van der Waals surface area contributed by atoms with Gasteiger partial charge in [-0.1, -0.05) is 19.8 Å². The van der Waals surface area contributed by atoms with Gasteiger partial charge in [-0.2, -0.15) is 0 Å². The molecule has 0 aromatic rings. The maximum absolute atomic E-state index is 5.42. The summed E-state index contributed by atoms with van der Waals surface area (Å²) in [6.45, 7) is 5.41. The van der Waals surface area contributed by atoms with E-state index in [-0.39, 0.29) is 0 Å². The molecule has 1 N–H and O–H groups in total. The van der Waals surface area contributed by atoms with E-state index in [9.17, 15) is 0 Å². The lowest BCUT2D eigenvalue weighted by molar-refractivity contribution is 0.0649. The van der Waals surface area contributed by atoms with Crippen LogP contribution in [0.1, 0.15) is 45.4 Å². The third kappa shape index (κ3) is 3.94. The summed E-state index contributed by atoms with van der Waals surface area (Å²) in [5, 5.41) is 3.66. The lowest BCUT2D eigenvalue weighted by Gasteiger charge is -2.35. The molecule has 3 nitrogen and oxygen atoms in total. The molecule has 2 fully saturated rings. The lowest BCUT2D eigenvalue weighted by atomic mass is 10.1. The minimum Gasteiger partial charge on any atom is -0.383 e. The van der Waals surface area contributed by atoms with Crippen molar-refractivity contribution < 1.29 is 4.74 Å². The van der Waals surface area contributed by atoms with E-state index in [4.69, 9.17) is 4.74 Å². The highest BCUT2D eigenvalue weighted by molar-refractivity contribution is 4.87. The summed E-state index contributed by atoms with van der Waals surface area (Å²) in [7, 11) is 1.83. The summed E-state index contributed by atoms with van der Waals surface area (Å²) in [4.78, 5) is 2.67. The monoisotopic (exact) mass is 240 g/mol. The maximum atomic E-state index is 5.42. The summed E-state index contributed by atoms with van der Waals surface area (Å²) in [6.07, 6.45) is 8.34. The Kier molecular flexibility index (Phi) is 5.26. The number of nitrogens with zero attached hydrogens (tertiary/aromatic N) is 1. The van der Waals surface area contributed by atoms with E-state index in [2.05, 4.69) is 17.1 Å². The van der Waals surface area contributed by atoms with Gasteiger partial charge < -0.3 is 10.1 Å². The van der Waals surface area contributed by atoms with Gasteiger partial charge >= 0.3 is 0 Å². The van der Waals surface area contributed by atoms with Gasteiger partial charge in [0, 0.05) is 31.8 Å². The topological polar surface area (TPSA) is 24.5 Å². The van der Waals surface area contributed by atoms with Crippen molar-refractivity contribution in [2.24, 2.45) is 0 Å². The molecule has 0 bridgehead atoms. The Bertz CT molecular complexity index is 212. The molecule has 0 saturated heterocycles. The van der Waals surface area contributed by atoms with Crippen molar-refractivity contribution in [3.8, 4) is 0 Å². The van der Waals surface area contributed by atoms with E-state index < -0.39 is 0 Å². The summed E-state index contributed by atoms with van der Waals surface area (Å²) >= 11 is 0. The van der Waals surface area contributed by atoms with Crippen LogP contribution in [0, 0.1) is 0 Å². The molecule has 100 valence electrons. The maximum Gasteiger partial charge on any atom is 0.0630 e. The van der Waals surface area contributed by atoms with Gasteiger partial charge in [0.1, 0.15) is 0 Å². The molecular weight excluding hydrogens is 212 g/mol. The van der Waals surface area contributed by atoms with Crippen LogP contribution in [-0.4, -0.2) is 49.8 Å². The number of hydrogen-bond donors (Lipinski definition) is 1. The predicted octanol–water partition coefficient (Wildman–Crippen LogP) is 2.02. The van der Waals surface area contributed by atoms with Crippen LogP contribution < -0.4 is 5.32 Å². The molecule has 1 atom stereocenters. The fourth-order valence-corrected chi connectivity index (χ4v) is 3.10. The number of methoxy groups -OCH3 is 1. The quantitative estimate of drug-likeness (QED) is 0.702. The molecule has 1 unspecified atom stereocenters. The van der Waals surface area contributed by atoms with Crippen molar-refractivity contribution in [2.45, 2.75) is 63.6 Å². The van der Waals surface area contributed by atoms with Crippen LogP contribution in [0.25, 0.3) is 0 Å². The van der Waals surface area contributed by atoms with Crippen LogP contribution >= 0.6 is 0 Å². The minimum atomic E-state index is 0.564. The van der Waals surface area contributed by atoms with Crippen molar-refractivity contribution in [1.82, 2.24) is 10.2 Å². The number of hydrogen-bond acceptors (Lipinski definition) is 3. The molecule has 2 rings (SSSR count). The minimum absolute atomic E-state index is 0.564. The van der Waals surface area contributed by atoms with Crippen molar-refractivity contribution in [3.05, 3.63) is 0 Å². The predicted molar refractivity (Wildman–Crippen MR) is 71.3 cm³/mol. The Morgan fingerprint density at radius 1 is 1.24 bits per heavy atom. The van der Waals surface area contributed by atoms with Gasteiger partial charge in [-0.15, -0.1) is 0 Å². The third-order valence-electron chi connectivity index (χ3n) is 4.21. The van der Waals surface area contributed by atoms with Crippen LogP contribution in [0.2, 0.25) is 0 Å². The highest BCUT2D eigenvalue weighted by Crippen LogP contribution is 2.25. The second kappa shape index (κ2) is 6.72.